The SMILES string of the molecule is CC1(C)C(C(=O)O)C1c1nn2c(C3CC3)nnc2s1. The van der Waals surface area contributed by atoms with E-state index in [4.69, 9.17) is 0 Å². The van der Waals surface area contributed by atoms with E-state index in [-0.39, 0.29) is 17.3 Å². The summed E-state index contributed by atoms with van der Waals surface area (Å²) >= 11 is 1.47. The fourth-order valence-electron chi connectivity index (χ4n) is 2.93. The highest BCUT2D eigenvalue weighted by molar-refractivity contribution is 7.16. The van der Waals surface area contributed by atoms with Crippen molar-refractivity contribution >= 4 is 22.3 Å². The zero-order valence-electron chi connectivity index (χ0n) is 10.7. The van der Waals surface area contributed by atoms with Crippen molar-refractivity contribution in [3.05, 3.63) is 10.8 Å². The molecular weight excluding hydrogens is 264 g/mol. The normalized spacial score (nSPS) is 28.7. The summed E-state index contributed by atoms with van der Waals surface area (Å²) < 4.78 is 1.81. The number of fused-ring (bicyclic) bond motifs is 1. The molecule has 0 saturated heterocycles. The molecule has 0 amide bonds. The lowest BCUT2D eigenvalue weighted by Crippen LogP contribution is -2.03. The molecule has 2 aromatic heterocycles. The molecule has 0 aliphatic heterocycles. The van der Waals surface area contributed by atoms with Crippen LogP contribution < -0.4 is 0 Å². The van der Waals surface area contributed by atoms with Crippen molar-refractivity contribution < 1.29 is 9.90 Å². The van der Waals surface area contributed by atoms with Gasteiger partial charge in [0.25, 0.3) is 0 Å². The standard InChI is InChI=1S/C12H14N4O2S/c1-12(2)6(7(12)10(17)18)9-15-16-8(5-3-4-5)13-14-11(16)19-9/h5-7H,3-4H2,1-2H3,(H,17,18). The zero-order valence-corrected chi connectivity index (χ0v) is 11.5. The molecule has 2 unspecified atom stereocenters. The molecular formula is C12H14N4O2S. The Morgan fingerprint density at radius 3 is 2.74 bits per heavy atom. The molecule has 0 spiro atoms. The van der Waals surface area contributed by atoms with Gasteiger partial charge in [0.1, 0.15) is 5.01 Å². The first-order valence-corrected chi connectivity index (χ1v) is 7.26. The number of aromatic nitrogens is 4. The quantitative estimate of drug-likeness (QED) is 0.927. The molecule has 2 fully saturated rings. The molecule has 2 atom stereocenters. The first-order chi connectivity index (χ1) is 9.00. The third-order valence-corrected chi connectivity index (χ3v) is 5.31. The molecule has 1 N–H and O–H groups in total. The van der Waals surface area contributed by atoms with Gasteiger partial charge in [-0.3, -0.25) is 4.79 Å². The van der Waals surface area contributed by atoms with Crippen LogP contribution in [0.25, 0.3) is 4.96 Å². The molecule has 0 aromatic carbocycles. The highest BCUT2D eigenvalue weighted by Crippen LogP contribution is 2.64. The van der Waals surface area contributed by atoms with Crippen LogP contribution in [-0.4, -0.2) is 30.9 Å². The van der Waals surface area contributed by atoms with E-state index in [1.165, 1.54) is 11.3 Å². The molecule has 7 heteroatoms. The van der Waals surface area contributed by atoms with E-state index in [9.17, 15) is 9.90 Å². The van der Waals surface area contributed by atoms with Crippen molar-refractivity contribution in [1.29, 1.82) is 0 Å². The van der Waals surface area contributed by atoms with Crippen LogP contribution in [0.3, 0.4) is 0 Å². The predicted molar refractivity (Wildman–Crippen MR) is 68.3 cm³/mol. The van der Waals surface area contributed by atoms with E-state index in [0.29, 0.717) is 5.92 Å². The van der Waals surface area contributed by atoms with Crippen LogP contribution in [0.5, 0.6) is 0 Å². The van der Waals surface area contributed by atoms with E-state index in [2.05, 4.69) is 15.3 Å². The Balaban J connectivity index is 1.75. The lowest BCUT2D eigenvalue weighted by molar-refractivity contribution is -0.139. The van der Waals surface area contributed by atoms with Crippen molar-refractivity contribution in [2.24, 2.45) is 11.3 Å². The summed E-state index contributed by atoms with van der Waals surface area (Å²) in [6.07, 6.45) is 2.31. The minimum atomic E-state index is -0.733. The maximum absolute atomic E-state index is 11.2. The molecule has 0 bridgehead atoms. The van der Waals surface area contributed by atoms with Crippen LogP contribution in [0.15, 0.2) is 0 Å². The molecule has 2 aromatic rings. The average Bonchev–Trinajstić information content (AvgIpc) is 3.14. The summed E-state index contributed by atoms with van der Waals surface area (Å²) in [6, 6.07) is 0. The van der Waals surface area contributed by atoms with Gasteiger partial charge in [0.15, 0.2) is 5.82 Å². The van der Waals surface area contributed by atoms with Crippen molar-refractivity contribution in [3.63, 3.8) is 0 Å². The van der Waals surface area contributed by atoms with Gasteiger partial charge in [-0.2, -0.15) is 9.61 Å². The van der Waals surface area contributed by atoms with E-state index in [1.807, 2.05) is 18.4 Å². The fraction of sp³-hybridized carbons (Fsp3) is 0.667. The predicted octanol–water partition coefficient (Wildman–Crippen LogP) is 1.89. The average molecular weight is 278 g/mol. The Morgan fingerprint density at radius 1 is 1.42 bits per heavy atom. The van der Waals surface area contributed by atoms with E-state index >= 15 is 0 Å². The van der Waals surface area contributed by atoms with Crippen molar-refractivity contribution in [2.45, 2.75) is 38.5 Å². The van der Waals surface area contributed by atoms with E-state index in [1.54, 1.807) is 0 Å². The lowest BCUT2D eigenvalue weighted by atomic mass is 10.1. The van der Waals surface area contributed by atoms with Crippen molar-refractivity contribution in [2.75, 3.05) is 0 Å². The van der Waals surface area contributed by atoms with E-state index in [0.717, 1.165) is 28.6 Å². The lowest BCUT2D eigenvalue weighted by Gasteiger charge is -1.97. The number of nitrogens with zero attached hydrogens (tertiary/aromatic N) is 4. The molecule has 2 saturated carbocycles. The van der Waals surface area contributed by atoms with Crippen LogP contribution in [0.4, 0.5) is 0 Å². The molecule has 100 valence electrons. The fourth-order valence-corrected chi connectivity index (χ4v) is 4.11. The molecule has 2 aliphatic carbocycles. The molecule has 19 heavy (non-hydrogen) atoms. The largest absolute Gasteiger partial charge is 0.481 e. The Morgan fingerprint density at radius 2 is 2.16 bits per heavy atom. The third-order valence-electron chi connectivity index (χ3n) is 4.33. The summed E-state index contributed by atoms with van der Waals surface area (Å²) in [5.41, 5.74) is -0.213. The number of carbonyl (C=O) groups is 1. The summed E-state index contributed by atoms with van der Waals surface area (Å²) in [5.74, 6) is 0.364. The highest BCUT2D eigenvalue weighted by atomic mass is 32.1. The summed E-state index contributed by atoms with van der Waals surface area (Å²) in [5, 5.41) is 23.0. The van der Waals surface area contributed by atoms with Crippen LogP contribution in [-0.2, 0) is 4.79 Å². The summed E-state index contributed by atoms with van der Waals surface area (Å²) in [4.78, 5) is 12.0. The number of aliphatic carboxylic acids is 1. The van der Waals surface area contributed by atoms with Gasteiger partial charge >= 0.3 is 5.97 Å². The molecule has 2 aliphatic rings. The first kappa shape index (κ1) is 11.3. The topological polar surface area (TPSA) is 80.4 Å². The smallest absolute Gasteiger partial charge is 0.307 e. The number of carboxylic acid groups (broad SMARTS) is 1. The van der Waals surface area contributed by atoms with Crippen molar-refractivity contribution in [1.82, 2.24) is 19.8 Å². The highest BCUT2D eigenvalue weighted by Gasteiger charge is 2.64. The van der Waals surface area contributed by atoms with Gasteiger partial charge < -0.3 is 5.11 Å². The monoisotopic (exact) mass is 278 g/mol. The van der Waals surface area contributed by atoms with Gasteiger partial charge in [0.2, 0.25) is 4.96 Å². The number of carboxylic acids is 1. The second-order valence-corrected chi connectivity index (χ2v) is 7.07. The molecule has 4 rings (SSSR count). The van der Waals surface area contributed by atoms with Crippen LogP contribution in [0, 0.1) is 11.3 Å². The number of hydrogen-bond acceptors (Lipinski definition) is 5. The van der Waals surface area contributed by atoms with Gasteiger partial charge in [-0.25, -0.2) is 0 Å². The van der Waals surface area contributed by atoms with Crippen molar-refractivity contribution in [3.8, 4) is 0 Å². The Kier molecular flexibility index (Phi) is 1.99. The molecule has 0 radical (unpaired) electrons. The van der Waals surface area contributed by atoms with Gasteiger partial charge in [-0.05, 0) is 18.3 Å². The second kappa shape index (κ2) is 3.33. The maximum Gasteiger partial charge on any atom is 0.307 e. The zero-order chi connectivity index (χ0) is 13.4. The minimum absolute atomic E-state index is 0.00348. The summed E-state index contributed by atoms with van der Waals surface area (Å²) in [7, 11) is 0. The van der Waals surface area contributed by atoms with Crippen LogP contribution in [0.1, 0.15) is 49.4 Å². The number of rotatable bonds is 3. The Hall–Kier alpha value is -1.50. The summed E-state index contributed by atoms with van der Waals surface area (Å²) in [6.45, 7) is 3.97. The Labute approximate surface area is 113 Å². The Bertz CT molecular complexity index is 685. The maximum atomic E-state index is 11.2. The third kappa shape index (κ3) is 1.47. The van der Waals surface area contributed by atoms with E-state index < -0.39 is 5.97 Å². The van der Waals surface area contributed by atoms with Gasteiger partial charge in [0.05, 0.1) is 5.92 Å². The van der Waals surface area contributed by atoms with Gasteiger partial charge in [0, 0.05) is 11.8 Å². The van der Waals surface area contributed by atoms with Crippen LogP contribution >= 0.6 is 11.3 Å². The van der Waals surface area contributed by atoms with Gasteiger partial charge in [-0.15, -0.1) is 10.2 Å². The molecule has 2 heterocycles. The molecule has 6 nitrogen and oxygen atoms in total. The first-order valence-electron chi connectivity index (χ1n) is 6.45. The number of hydrogen-bond donors (Lipinski definition) is 1. The second-order valence-electron chi connectivity index (χ2n) is 6.08. The van der Waals surface area contributed by atoms with Crippen LogP contribution in [0.2, 0.25) is 0 Å². The van der Waals surface area contributed by atoms with Gasteiger partial charge in [-0.1, -0.05) is 25.2 Å². The minimum Gasteiger partial charge on any atom is -0.481 e.